The van der Waals surface area contributed by atoms with Gasteiger partial charge in [-0.1, -0.05) is 309 Å². The molecule has 0 aliphatic rings. The number of para-hydroxylation sites is 12. The second-order valence-corrected chi connectivity index (χ2v) is 35.8. The lowest BCUT2D eigenvalue weighted by Gasteiger charge is -2.16. The zero-order valence-corrected chi connectivity index (χ0v) is 77.4. The third kappa shape index (κ3) is 13.9. The average Bonchev–Trinajstić information content (AvgIpc) is 1.56. The van der Waals surface area contributed by atoms with E-state index in [-0.39, 0.29) is 0 Å². The van der Waals surface area contributed by atoms with Gasteiger partial charge in [-0.25, -0.2) is 14.5 Å². The van der Waals surface area contributed by atoms with Crippen molar-refractivity contribution in [1.29, 1.82) is 15.8 Å². The summed E-state index contributed by atoms with van der Waals surface area (Å²) < 4.78 is 13.9. The van der Waals surface area contributed by atoms with Crippen molar-refractivity contribution in [1.82, 2.24) is 27.4 Å². The molecular weight excluding hydrogens is 1750 g/mol. The highest BCUT2D eigenvalue weighted by atomic mass is 15.0. The van der Waals surface area contributed by atoms with E-state index in [4.69, 9.17) is 19.7 Å². The van der Waals surface area contributed by atoms with Gasteiger partial charge >= 0.3 is 0 Å². The molecule has 12 nitrogen and oxygen atoms in total. The second kappa shape index (κ2) is 35.5. The molecule has 0 fully saturated rings. The topological polar surface area (TPSA) is 114 Å². The molecule has 0 radical (unpaired) electrons. The number of hydrogen-bond donors (Lipinski definition) is 0. The van der Waals surface area contributed by atoms with Gasteiger partial charge in [0.15, 0.2) is 11.4 Å². The van der Waals surface area contributed by atoms with Crippen LogP contribution >= 0.6 is 0 Å². The number of nitriles is 3. The van der Waals surface area contributed by atoms with Gasteiger partial charge in [-0.15, -0.1) is 0 Å². The molecule has 666 valence electrons. The van der Waals surface area contributed by atoms with Crippen molar-refractivity contribution in [3.05, 3.63) is 524 Å². The lowest BCUT2D eigenvalue weighted by molar-refractivity contribution is 1.18. The first kappa shape index (κ1) is 85.1. The largest absolute Gasteiger partial charge is 0.309 e. The minimum absolute atomic E-state index is 0.362. The Morgan fingerprint density at radius 1 is 0.181 bits per heavy atom. The number of nitrogens with zero attached hydrogens (tertiary/aromatic N) is 12. The summed E-state index contributed by atoms with van der Waals surface area (Å²) in [5.74, 6) is 0. The van der Waals surface area contributed by atoms with Crippen LogP contribution in [0.15, 0.2) is 473 Å². The van der Waals surface area contributed by atoms with Gasteiger partial charge in [0.2, 0.25) is 5.69 Å². The Bertz CT molecular complexity index is 10200. The quantitative estimate of drug-likeness (QED) is 0.114. The van der Waals surface area contributed by atoms with Crippen LogP contribution in [0.4, 0.5) is 17.1 Å². The van der Waals surface area contributed by atoms with Crippen LogP contribution in [0, 0.1) is 53.7 Å². The van der Waals surface area contributed by atoms with Crippen molar-refractivity contribution in [2.45, 2.75) is 0 Å². The maximum absolute atomic E-state index is 10.2. The van der Waals surface area contributed by atoms with Gasteiger partial charge in [-0.2, -0.15) is 15.8 Å². The van der Waals surface area contributed by atoms with Crippen molar-refractivity contribution in [3.63, 3.8) is 0 Å². The summed E-state index contributed by atoms with van der Waals surface area (Å²) in [4.78, 5) is 11.3. The van der Waals surface area contributed by atoms with Crippen molar-refractivity contribution >= 4 is 148 Å². The van der Waals surface area contributed by atoms with Gasteiger partial charge in [-0.3, -0.25) is 0 Å². The van der Waals surface area contributed by atoms with Crippen molar-refractivity contribution < 1.29 is 0 Å². The monoisotopic (exact) mass is 1830 g/mol. The zero-order valence-electron chi connectivity index (χ0n) is 77.4. The first-order valence-corrected chi connectivity index (χ1v) is 47.6. The number of benzene rings is 21. The Hall–Kier alpha value is -20.6. The van der Waals surface area contributed by atoms with Gasteiger partial charge in [0.25, 0.3) is 0 Å². The van der Waals surface area contributed by atoms with Gasteiger partial charge < -0.3 is 27.4 Å². The Labute approximate surface area is 828 Å². The molecule has 144 heavy (non-hydrogen) atoms. The first-order valence-electron chi connectivity index (χ1n) is 47.6. The van der Waals surface area contributed by atoms with Crippen molar-refractivity contribution in [2.75, 3.05) is 0 Å². The summed E-state index contributed by atoms with van der Waals surface area (Å²) in [6.07, 6.45) is 0. The first-order chi connectivity index (χ1) is 71.3. The summed E-state index contributed by atoms with van der Waals surface area (Å²) in [5, 5.41) is 43.9. The predicted octanol–water partition coefficient (Wildman–Crippen LogP) is 34.9. The summed E-state index contributed by atoms with van der Waals surface area (Å²) in [5.41, 5.74) is 34.3. The number of fused-ring (bicyclic) bond motifs is 18. The van der Waals surface area contributed by atoms with Crippen LogP contribution in [0.25, 0.3) is 246 Å². The van der Waals surface area contributed by atoms with Gasteiger partial charge in [0.05, 0.1) is 115 Å². The summed E-state index contributed by atoms with van der Waals surface area (Å²) in [6, 6.07) is 170. The molecule has 0 atom stereocenters. The van der Waals surface area contributed by atoms with Gasteiger partial charge in [0, 0.05) is 115 Å². The molecule has 0 unspecified atom stereocenters. The summed E-state index contributed by atoms with van der Waals surface area (Å²) in [6.45, 7) is 23.6. The van der Waals surface area contributed by atoms with E-state index in [1.807, 2.05) is 60.7 Å². The van der Waals surface area contributed by atoms with Crippen LogP contribution < -0.4 is 0 Å². The van der Waals surface area contributed by atoms with E-state index in [0.29, 0.717) is 39.3 Å². The van der Waals surface area contributed by atoms with Crippen LogP contribution in [0.3, 0.4) is 0 Å². The zero-order chi connectivity index (χ0) is 96.6. The Morgan fingerprint density at radius 2 is 0.465 bits per heavy atom. The fraction of sp³-hybridized carbons (Fsp3) is 0. The summed E-state index contributed by atoms with van der Waals surface area (Å²) in [7, 11) is 0. The highest BCUT2D eigenvalue weighted by Gasteiger charge is 2.29. The van der Waals surface area contributed by atoms with Crippen molar-refractivity contribution in [3.8, 4) is 119 Å². The molecule has 6 aromatic heterocycles. The SMILES string of the molecule is [C-]#[N+]c1ccc(-c2ccc(-c3ccc4c(c3)c3ccccc3n4-c3ccccc3)c3c4ccccc4n(-c4ccccc4)c23)cc1C#N.[C-]#[N+]c1ccc(C#N)cc1-c1ccc(-c2ccc3c(c2)c2ccccc2n3-c2ccccc2)c2c3ccccc3n(-c3ccccc3)c12.[C-]#[N+]c1cccc(C#N)c1-c1ccc(-c2ccc3c(c2)c2ccccc2n3-c2ccccc2)c2c3ccccc3n(-c3ccccc3)c12. The molecule has 0 saturated heterocycles. The lowest BCUT2D eigenvalue weighted by atomic mass is 9.91. The second-order valence-electron chi connectivity index (χ2n) is 35.8. The molecule has 0 amide bonds. The maximum atomic E-state index is 10.2. The average molecular weight is 1830 g/mol. The molecule has 27 aromatic rings. The number of aromatic nitrogens is 6. The van der Waals surface area contributed by atoms with E-state index in [1.54, 1.807) is 36.4 Å². The minimum atomic E-state index is 0.362. The minimum Gasteiger partial charge on any atom is -0.309 e. The molecule has 21 aromatic carbocycles. The fourth-order valence-electron chi connectivity index (χ4n) is 22.0. The molecule has 0 aliphatic carbocycles. The molecule has 0 aliphatic heterocycles. The molecule has 0 saturated carbocycles. The van der Waals surface area contributed by atoms with Gasteiger partial charge in [-0.05, 0) is 219 Å². The number of hydrogen-bond acceptors (Lipinski definition) is 3. The van der Waals surface area contributed by atoms with E-state index in [0.717, 1.165) is 183 Å². The van der Waals surface area contributed by atoms with Gasteiger partial charge in [0.1, 0.15) is 0 Å². The van der Waals surface area contributed by atoms with Crippen LogP contribution in [-0.4, -0.2) is 27.4 Å². The molecule has 27 rings (SSSR count). The lowest BCUT2D eigenvalue weighted by Crippen LogP contribution is -1.97. The normalized spacial score (nSPS) is 11.3. The Balaban J connectivity index is 0.000000113. The summed E-state index contributed by atoms with van der Waals surface area (Å²) >= 11 is 0. The third-order valence-corrected chi connectivity index (χ3v) is 28.1. The predicted molar refractivity (Wildman–Crippen MR) is 591 cm³/mol. The van der Waals surface area contributed by atoms with E-state index in [2.05, 4.69) is 436 Å². The van der Waals surface area contributed by atoms with E-state index >= 15 is 0 Å². The van der Waals surface area contributed by atoms with Crippen LogP contribution in [0.5, 0.6) is 0 Å². The maximum Gasteiger partial charge on any atom is 0.204 e. The standard InChI is InChI=1S/3C44H26N4/c1-46-38-20-12-13-30(28-45)42(38)36-25-24-33(43-35-19-9-11-22-40(35)48(44(36)43)32-16-6-3-7-17-32)29-23-26-41-37(27-29)34-18-8-10-21-39(34)47(41)31-14-4-2-5-15-31;1-46-39-24-20-29(26-31(39)28-45)35-23-22-34(43-37-17-9-11-19-41(37)48(44(35)43)33-14-6-3-7-15-33)30-21-25-42-38(27-30)36-16-8-10-18-40(36)47(42)32-12-4-2-5-13-32;1-46-39-24-20-29(28-45)26-37(39)35-23-22-33(43-36-17-9-11-19-41(36)48(44(35)43)32-14-6-3-7-15-32)30-21-25-42-38(27-30)34-16-8-10-18-40(34)47(42)31-12-4-2-5-13-31/h3*2-27H. The van der Waals surface area contributed by atoms with Crippen molar-refractivity contribution in [2.24, 2.45) is 0 Å². The molecule has 6 heterocycles. The third-order valence-electron chi connectivity index (χ3n) is 28.1. The van der Waals surface area contributed by atoms with E-state index in [9.17, 15) is 15.8 Å². The molecule has 0 bridgehead atoms. The Morgan fingerprint density at radius 3 is 0.826 bits per heavy atom. The van der Waals surface area contributed by atoms with Crippen LogP contribution in [0.1, 0.15) is 16.7 Å². The van der Waals surface area contributed by atoms with E-state index < -0.39 is 0 Å². The van der Waals surface area contributed by atoms with Crippen LogP contribution in [0.2, 0.25) is 0 Å². The fourth-order valence-corrected chi connectivity index (χ4v) is 22.0. The smallest absolute Gasteiger partial charge is 0.204 e. The molecular formula is C132H78N12. The molecule has 0 N–H and O–H groups in total. The highest BCUT2D eigenvalue weighted by Crippen LogP contribution is 2.52. The van der Waals surface area contributed by atoms with E-state index in [1.165, 1.54) is 43.4 Å². The Kier molecular flexibility index (Phi) is 21.0. The molecule has 0 spiro atoms. The highest BCUT2D eigenvalue weighted by molar-refractivity contribution is 6.25. The molecule has 12 heteroatoms. The number of rotatable bonds is 12. The van der Waals surface area contributed by atoms with Crippen LogP contribution in [-0.2, 0) is 0 Å².